The molecule has 0 aliphatic carbocycles. The van der Waals surface area contributed by atoms with Crippen molar-refractivity contribution in [1.29, 1.82) is 0 Å². The van der Waals surface area contributed by atoms with Crippen LogP contribution in [-0.4, -0.2) is 9.97 Å². The van der Waals surface area contributed by atoms with Gasteiger partial charge in [-0.15, -0.1) is 6.42 Å². The Kier molecular flexibility index (Phi) is 3.72. The van der Waals surface area contributed by atoms with Crippen LogP contribution >= 0.6 is 0 Å². The summed E-state index contributed by atoms with van der Waals surface area (Å²) in [5.74, 6) is 2.33. The Morgan fingerprint density at radius 2 is 1.16 bits per heavy atom. The molecule has 0 radical (unpaired) electrons. The molecule has 0 unspecified atom stereocenters. The highest BCUT2D eigenvalue weighted by Crippen LogP contribution is 2.31. The van der Waals surface area contributed by atoms with Crippen molar-refractivity contribution in [2.45, 2.75) is 0 Å². The third kappa shape index (κ3) is 2.86. The summed E-state index contributed by atoms with van der Waals surface area (Å²) in [6.45, 7) is 0. The third-order valence-corrected chi connectivity index (χ3v) is 4.01. The van der Waals surface area contributed by atoms with Gasteiger partial charge >= 0.3 is 0 Å². The fourth-order valence-electron chi connectivity index (χ4n) is 2.73. The molecule has 0 aliphatic rings. The topological polar surface area (TPSA) is 25.8 Å². The van der Waals surface area contributed by atoms with E-state index in [-0.39, 0.29) is 5.82 Å². The number of halogens is 1. The lowest BCUT2D eigenvalue weighted by Crippen LogP contribution is -1.95. The molecule has 0 amide bonds. The van der Waals surface area contributed by atoms with E-state index >= 15 is 0 Å². The molecule has 118 valence electrons. The molecule has 0 bridgehead atoms. The average molecular weight is 324 g/mol. The molecule has 0 N–H and O–H groups in total. The Bertz CT molecular complexity index is 1090. The predicted octanol–water partition coefficient (Wildman–Crippen LogP) is 5.08. The Balaban J connectivity index is 1.98. The molecule has 0 saturated heterocycles. The minimum Gasteiger partial charge on any atom is -0.244 e. The standard InChI is InChI=1S/C22H13FN2/c1-2-15-7-9-16(10-8-15)21-22(17-11-13-18(23)14-12-17)25-20-6-4-3-5-19(20)24-21/h1,3-14H. The summed E-state index contributed by atoms with van der Waals surface area (Å²) in [5.41, 5.74) is 5.60. The molecule has 1 heterocycles. The number of benzene rings is 3. The van der Waals surface area contributed by atoms with Crippen LogP contribution in [0.2, 0.25) is 0 Å². The molecule has 25 heavy (non-hydrogen) atoms. The first kappa shape index (κ1) is 15.0. The number of hydrogen-bond donors (Lipinski definition) is 0. The molecule has 3 aromatic carbocycles. The maximum absolute atomic E-state index is 13.3. The number of terminal acetylenes is 1. The Morgan fingerprint density at radius 3 is 1.64 bits per heavy atom. The van der Waals surface area contributed by atoms with Crippen LogP contribution in [-0.2, 0) is 0 Å². The number of para-hydroxylation sites is 2. The fourth-order valence-corrected chi connectivity index (χ4v) is 2.73. The van der Waals surface area contributed by atoms with Crippen LogP contribution < -0.4 is 0 Å². The van der Waals surface area contributed by atoms with Crippen LogP contribution in [0, 0.1) is 18.2 Å². The first-order chi connectivity index (χ1) is 12.2. The monoisotopic (exact) mass is 324 g/mol. The molecule has 0 aliphatic heterocycles. The van der Waals surface area contributed by atoms with Crippen molar-refractivity contribution in [3.05, 3.63) is 84.2 Å². The summed E-state index contributed by atoms with van der Waals surface area (Å²) in [4.78, 5) is 9.56. The van der Waals surface area contributed by atoms with Crippen molar-refractivity contribution < 1.29 is 4.39 Å². The molecule has 4 aromatic rings. The number of aromatic nitrogens is 2. The van der Waals surface area contributed by atoms with Crippen molar-refractivity contribution in [3.63, 3.8) is 0 Å². The Labute approximate surface area is 145 Å². The van der Waals surface area contributed by atoms with Crippen molar-refractivity contribution in [2.75, 3.05) is 0 Å². The van der Waals surface area contributed by atoms with Crippen LogP contribution in [0.5, 0.6) is 0 Å². The normalized spacial score (nSPS) is 10.6. The maximum atomic E-state index is 13.3. The summed E-state index contributed by atoms with van der Waals surface area (Å²) < 4.78 is 13.3. The lowest BCUT2D eigenvalue weighted by atomic mass is 10.0. The molecule has 0 fully saturated rings. The highest BCUT2D eigenvalue weighted by atomic mass is 19.1. The maximum Gasteiger partial charge on any atom is 0.123 e. The minimum atomic E-state index is -0.280. The lowest BCUT2D eigenvalue weighted by molar-refractivity contribution is 0.628. The molecule has 0 saturated carbocycles. The number of rotatable bonds is 2. The van der Waals surface area contributed by atoms with Crippen LogP contribution in [0.15, 0.2) is 72.8 Å². The molecule has 1 aromatic heterocycles. The van der Waals surface area contributed by atoms with E-state index in [1.54, 1.807) is 12.1 Å². The van der Waals surface area contributed by atoms with Gasteiger partial charge in [-0.2, -0.15) is 0 Å². The van der Waals surface area contributed by atoms with Gasteiger partial charge in [0.05, 0.1) is 22.4 Å². The van der Waals surface area contributed by atoms with Gasteiger partial charge in [-0.05, 0) is 48.5 Å². The average Bonchev–Trinajstić information content (AvgIpc) is 2.68. The van der Waals surface area contributed by atoms with Gasteiger partial charge in [0, 0.05) is 16.7 Å². The van der Waals surface area contributed by atoms with E-state index in [0.29, 0.717) is 5.69 Å². The molecule has 4 rings (SSSR count). The van der Waals surface area contributed by atoms with Crippen molar-refractivity contribution in [3.8, 4) is 34.9 Å². The number of hydrogen-bond acceptors (Lipinski definition) is 2. The van der Waals surface area contributed by atoms with Crippen LogP contribution in [0.25, 0.3) is 33.5 Å². The highest BCUT2D eigenvalue weighted by Gasteiger charge is 2.13. The molecule has 0 atom stereocenters. The van der Waals surface area contributed by atoms with Gasteiger partial charge < -0.3 is 0 Å². The molecule has 3 heteroatoms. The molecular weight excluding hydrogens is 311 g/mol. The van der Waals surface area contributed by atoms with E-state index in [1.807, 2.05) is 48.5 Å². The summed E-state index contributed by atoms with van der Waals surface area (Å²) in [6, 6.07) is 21.6. The minimum absolute atomic E-state index is 0.280. The van der Waals surface area contributed by atoms with Crippen molar-refractivity contribution in [2.24, 2.45) is 0 Å². The molecular formula is C22H13FN2. The second kappa shape index (κ2) is 6.18. The van der Waals surface area contributed by atoms with E-state index < -0.39 is 0 Å². The first-order valence-electron chi connectivity index (χ1n) is 7.84. The van der Waals surface area contributed by atoms with Gasteiger partial charge in [0.2, 0.25) is 0 Å². The van der Waals surface area contributed by atoms with E-state index in [1.165, 1.54) is 12.1 Å². The summed E-state index contributed by atoms with van der Waals surface area (Å²) in [6.07, 6.45) is 5.43. The van der Waals surface area contributed by atoms with Gasteiger partial charge in [-0.3, -0.25) is 0 Å². The van der Waals surface area contributed by atoms with E-state index in [9.17, 15) is 4.39 Å². The highest BCUT2D eigenvalue weighted by molar-refractivity contribution is 5.86. The first-order valence-corrected chi connectivity index (χ1v) is 7.84. The van der Waals surface area contributed by atoms with Crippen LogP contribution in [0.3, 0.4) is 0 Å². The number of nitrogens with zero attached hydrogens (tertiary/aromatic N) is 2. The second-order valence-corrected chi connectivity index (χ2v) is 5.64. The van der Waals surface area contributed by atoms with Gasteiger partial charge in [-0.1, -0.05) is 30.2 Å². The molecule has 0 spiro atoms. The molecule has 2 nitrogen and oxygen atoms in total. The van der Waals surface area contributed by atoms with E-state index in [4.69, 9.17) is 16.4 Å². The van der Waals surface area contributed by atoms with Gasteiger partial charge in [0.25, 0.3) is 0 Å². The summed E-state index contributed by atoms with van der Waals surface area (Å²) >= 11 is 0. The van der Waals surface area contributed by atoms with E-state index in [2.05, 4.69) is 5.92 Å². The fraction of sp³-hybridized carbons (Fsp3) is 0. The number of fused-ring (bicyclic) bond motifs is 1. The zero-order chi connectivity index (χ0) is 17.2. The SMILES string of the molecule is C#Cc1ccc(-c2nc3ccccc3nc2-c2ccc(F)cc2)cc1. The second-order valence-electron chi connectivity index (χ2n) is 5.64. The Morgan fingerprint density at radius 1 is 0.680 bits per heavy atom. The van der Waals surface area contributed by atoms with Crippen LogP contribution in [0.1, 0.15) is 5.56 Å². The summed E-state index contributed by atoms with van der Waals surface area (Å²) in [7, 11) is 0. The Hall–Kier alpha value is -3.51. The third-order valence-electron chi connectivity index (χ3n) is 4.01. The summed E-state index contributed by atoms with van der Waals surface area (Å²) in [5, 5.41) is 0. The van der Waals surface area contributed by atoms with Gasteiger partial charge in [-0.25, -0.2) is 14.4 Å². The lowest BCUT2D eigenvalue weighted by Gasteiger charge is -2.10. The quantitative estimate of drug-likeness (QED) is 0.480. The van der Waals surface area contributed by atoms with Gasteiger partial charge in [0.15, 0.2) is 0 Å². The smallest absolute Gasteiger partial charge is 0.123 e. The largest absolute Gasteiger partial charge is 0.244 e. The van der Waals surface area contributed by atoms with E-state index in [0.717, 1.165) is 33.4 Å². The zero-order valence-corrected chi connectivity index (χ0v) is 13.3. The van der Waals surface area contributed by atoms with Crippen molar-refractivity contribution in [1.82, 2.24) is 9.97 Å². The van der Waals surface area contributed by atoms with Gasteiger partial charge in [0.1, 0.15) is 5.82 Å². The van der Waals surface area contributed by atoms with Crippen LogP contribution in [0.4, 0.5) is 4.39 Å². The predicted molar refractivity (Wildman–Crippen MR) is 98.3 cm³/mol. The zero-order valence-electron chi connectivity index (χ0n) is 13.3. The van der Waals surface area contributed by atoms with Crippen molar-refractivity contribution >= 4 is 11.0 Å².